The molecule has 3 N–H and O–H groups in total. The SMILES string of the molecule is C=CC(=O)Nc1cc(N(C)C)cc(C)c1Nc1ncc(OCc2cc(C(=O)NOC)ccc2Cl)cn1. The van der Waals surface area contributed by atoms with Crippen molar-refractivity contribution >= 4 is 46.4 Å². The lowest BCUT2D eigenvalue weighted by atomic mass is 10.1. The number of anilines is 4. The Morgan fingerprint density at radius 3 is 2.53 bits per heavy atom. The smallest absolute Gasteiger partial charge is 0.274 e. The quantitative estimate of drug-likeness (QED) is 0.274. The summed E-state index contributed by atoms with van der Waals surface area (Å²) in [5.41, 5.74) is 6.28. The lowest BCUT2D eigenvalue weighted by Gasteiger charge is -2.20. The zero-order valence-corrected chi connectivity index (χ0v) is 21.1. The summed E-state index contributed by atoms with van der Waals surface area (Å²) in [5.74, 6) is -0.0103. The van der Waals surface area contributed by atoms with Crippen molar-refractivity contribution in [3.63, 3.8) is 0 Å². The first-order valence-electron chi connectivity index (χ1n) is 10.8. The molecule has 0 aliphatic rings. The van der Waals surface area contributed by atoms with Gasteiger partial charge in [0.25, 0.3) is 5.91 Å². The molecule has 0 saturated carbocycles. The van der Waals surface area contributed by atoms with Crippen LogP contribution in [0.3, 0.4) is 0 Å². The Hall–Kier alpha value is -4.15. The molecule has 0 unspecified atom stereocenters. The molecule has 0 atom stereocenters. The van der Waals surface area contributed by atoms with E-state index in [-0.39, 0.29) is 12.5 Å². The van der Waals surface area contributed by atoms with Crippen LogP contribution in [0.4, 0.5) is 23.0 Å². The van der Waals surface area contributed by atoms with Crippen molar-refractivity contribution in [2.45, 2.75) is 13.5 Å². The lowest BCUT2D eigenvalue weighted by Crippen LogP contribution is -2.21. The van der Waals surface area contributed by atoms with E-state index in [2.05, 4.69) is 37.5 Å². The van der Waals surface area contributed by atoms with Crippen molar-refractivity contribution in [1.29, 1.82) is 0 Å². The molecule has 188 valence electrons. The number of carbonyl (C=O) groups is 2. The van der Waals surface area contributed by atoms with Gasteiger partial charge in [-0.2, -0.15) is 0 Å². The van der Waals surface area contributed by atoms with Gasteiger partial charge in [-0.1, -0.05) is 18.2 Å². The number of nitrogens with one attached hydrogen (secondary N) is 3. The van der Waals surface area contributed by atoms with E-state index in [1.807, 2.05) is 38.1 Å². The number of rotatable bonds is 10. The molecule has 11 heteroatoms. The Morgan fingerprint density at radius 2 is 1.89 bits per heavy atom. The lowest BCUT2D eigenvalue weighted by molar-refractivity contribution is -0.111. The van der Waals surface area contributed by atoms with Gasteiger partial charge >= 0.3 is 0 Å². The molecule has 0 aliphatic carbocycles. The van der Waals surface area contributed by atoms with Gasteiger partial charge in [-0.05, 0) is 48.9 Å². The number of amides is 2. The number of nitrogens with zero attached hydrogens (tertiary/aromatic N) is 3. The minimum absolute atomic E-state index is 0.103. The molecule has 2 aromatic carbocycles. The van der Waals surface area contributed by atoms with Crippen LogP contribution in [-0.2, 0) is 16.2 Å². The monoisotopic (exact) mass is 510 g/mol. The molecular formula is C25H27ClN6O4. The van der Waals surface area contributed by atoms with Gasteiger partial charge in [0.1, 0.15) is 6.61 Å². The molecule has 36 heavy (non-hydrogen) atoms. The summed E-state index contributed by atoms with van der Waals surface area (Å²) in [5, 5.41) is 6.43. The standard InChI is InChI=1S/C25H27ClN6O4/c1-6-22(33)29-21-11-18(32(3)4)9-15(2)23(21)30-25-27-12-19(13-28-25)36-14-17-10-16(7-8-20(17)26)24(34)31-35-5/h6-13H,1,14H2,2-5H3,(H,29,33)(H,31,34)(H,27,28,30). The van der Waals surface area contributed by atoms with Crippen LogP contribution in [0.15, 0.2) is 55.4 Å². The summed E-state index contributed by atoms with van der Waals surface area (Å²) >= 11 is 6.24. The van der Waals surface area contributed by atoms with Crippen LogP contribution in [-0.4, -0.2) is 43.0 Å². The molecule has 0 bridgehead atoms. The van der Waals surface area contributed by atoms with Crippen molar-refractivity contribution in [3.8, 4) is 5.75 Å². The first-order chi connectivity index (χ1) is 17.2. The molecule has 0 spiro atoms. The van der Waals surface area contributed by atoms with Crippen molar-refractivity contribution in [2.75, 3.05) is 36.7 Å². The van der Waals surface area contributed by atoms with Gasteiger partial charge in [0.2, 0.25) is 11.9 Å². The highest BCUT2D eigenvalue weighted by atomic mass is 35.5. The predicted octanol–water partition coefficient (Wildman–Crippen LogP) is 4.24. The van der Waals surface area contributed by atoms with Crippen LogP contribution in [0.5, 0.6) is 5.75 Å². The van der Waals surface area contributed by atoms with E-state index in [0.717, 1.165) is 11.3 Å². The highest BCUT2D eigenvalue weighted by molar-refractivity contribution is 6.31. The van der Waals surface area contributed by atoms with Crippen LogP contribution < -0.4 is 25.8 Å². The van der Waals surface area contributed by atoms with Crippen LogP contribution >= 0.6 is 11.6 Å². The van der Waals surface area contributed by atoms with Crippen molar-refractivity contribution in [3.05, 3.63) is 77.1 Å². The minimum atomic E-state index is -0.397. The van der Waals surface area contributed by atoms with Gasteiger partial charge in [-0.3, -0.25) is 14.4 Å². The molecule has 1 aromatic heterocycles. The second kappa shape index (κ2) is 12.0. The Labute approximate surface area is 214 Å². The maximum atomic E-state index is 12.0. The van der Waals surface area contributed by atoms with Gasteiger partial charge in [0.05, 0.1) is 30.9 Å². The topological polar surface area (TPSA) is 118 Å². The van der Waals surface area contributed by atoms with Gasteiger partial charge in [0.15, 0.2) is 5.75 Å². The number of hydroxylamine groups is 1. The van der Waals surface area contributed by atoms with Crippen LogP contribution in [0.1, 0.15) is 21.5 Å². The number of halogens is 1. The Kier molecular flexibility index (Phi) is 8.82. The van der Waals surface area contributed by atoms with Crippen LogP contribution in [0, 0.1) is 6.92 Å². The summed E-state index contributed by atoms with van der Waals surface area (Å²) in [6.07, 6.45) is 4.22. The van der Waals surface area contributed by atoms with E-state index < -0.39 is 5.91 Å². The number of hydrogen-bond donors (Lipinski definition) is 3. The molecule has 2 amide bonds. The first-order valence-corrected chi connectivity index (χ1v) is 11.2. The number of carbonyl (C=O) groups excluding carboxylic acids is 2. The summed E-state index contributed by atoms with van der Waals surface area (Å²) < 4.78 is 5.76. The maximum Gasteiger partial charge on any atom is 0.274 e. The highest BCUT2D eigenvalue weighted by Crippen LogP contribution is 2.33. The molecule has 10 nitrogen and oxygen atoms in total. The number of benzene rings is 2. The normalized spacial score (nSPS) is 10.4. The van der Waals surface area contributed by atoms with E-state index in [9.17, 15) is 9.59 Å². The Bertz CT molecular complexity index is 1260. The van der Waals surface area contributed by atoms with Gasteiger partial charge in [0, 0.05) is 35.9 Å². The third kappa shape index (κ3) is 6.71. The molecule has 3 rings (SSSR count). The van der Waals surface area contributed by atoms with Crippen molar-refractivity contribution in [2.24, 2.45) is 0 Å². The molecule has 0 fully saturated rings. The van der Waals surface area contributed by atoms with Crippen LogP contribution in [0.2, 0.25) is 5.02 Å². The van der Waals surface area contributed by atoms with E-state index in [1.165, 1.54) is 25.6 Å². The van der Waals surface area contributed by atoms with Gasteiger partial charge in [-0.25, -0.2) is 15.4 Å². The number of aryl methyl sites for hydroxylation is 1. The van der Waals surface area contributed by atoms with Crippen molar-refractivity contribution in [1.82, 2.24) is 15.4 Å². The largest absolute Gasteiger partial charge is 0.486 e. The van der Waals surface area contributed by atoms with E-state index in [1.54, 1.807) is 18.2 Å². The number of aromatic nitrogens is 2. The zero-order chi connectivity index (χ0) is 26.2. The second-order valence-corrected chi connectivity index (χ2v) is 8.28. The number of ether oxygens (including phenoxy) is 1. The summed E-state index contributed by atoms with van der Waals surface area (Å²) in [4.78, 5) is 39.2. The minimum Gasteiger partial charge on any atom is -0.486 e. The third-order valence-corrected chi connectivity index (χ3v) is 5.41. The van der Waals surface area contributed by atoms with E-state index in [4.69, 9.17) is 16.3 Å². The van der Waals surface area contributed by atoms with Crippen LogP contribution in [0.25, 0.3) is 0 Å². The Morgan fingerprint density at radius 1 is 1.17 bits per heavy atom. The third-order valence-electron chi connectivity index (χ3n) is 5.04. The van der Waals surface area contributed by atoms with E-state index >= 15 is 0 Å². The van der Waals surface area contributed by atoms with E-state index in [0.29, 0.717) is 39.2 Å². The average molecular weight is 511 g/mol. The second-order valence-electron chi connectivity index (χ2n) is 7.87. The summed E-state index contributed by atoms with van der Waals surface area (Å²) in [6, 6.07) is 8.64. The highest BCUT2D eigenvalue weighted by Gasteiger charge is 2.14. The summed E-state index contributed by atoms with van der Waals surface area (Å²) in [7, 11) is 5.19. The van der Waals surface area contributed by atoms with Gasteiger partial charge in [-0.15, -0.1) is 0 Å². The molecule has 0 radical (unpaired) electrons. The first kappa shape index (κ1) is 26.5. The molecule has 0 aliphatic heterocycles. The zero-order valence-electron chi connectivity index (χ0n) is 20.4. The Balaban J connectivity index is 1.75. The molecule has 0 saturated heterocycles. The molecule has 3 aromatic rings. The molecular weight excluding hydrogens is 484 g/mol. The average Bonchev–Trinajstić information content (AvgIpc) is 2.86. The fourth-order valence-electron chi connectivity index (χ4n) is 3.18. The summed E-state index contributed by atoms with van der Waals surface area (Å²) in [6.45, 7) is 5.53. The number of hydrogen-bond acceptors (Lipinski definition) is 8. The predicted molar refractivity (Wildman–Crippen MR) is 140 cm³/mol. The fourth-order valence-corrected chi connectivity index (χ4v) is 3.35. The van der Waals surface area contributed by atoms with Crippen molar-refractivity contribution < 1.29 is 19.2 Å². The van der Waals surface area contributed by atoms with Gasteiger partial charge < -0.3 is 20.3 Å². The fraction of sp³-hybridized carbons (Fsp3) is 0.200. The molecule has 1 heterocycles. The maximum absolute atomic E-state index is 12.0.